The third-order valence-electron chi connectivity index (χ3n) is 10.8. The van der Waals surface area contributed by atoms with Gasteiger partial charge in [0.25, 0.3) is 0 Å². The molecule has 8 nitrogen and oxygen atoms in total. The van der Waals surface area contributed by atoms with E-state index in [2.05, 4.69) is 13.8 Å². The van der Waals surface area contributed by atoms with Crippen LogP contribution in [0.25, 0.3) is 0 Å². The first-order valence-corrected chi connectivity index (χ1v) is 22.0. The lowest BCUT2D eigenvalue weighted by Gasteiger charge is -2.27. The molecule has 0 unspecified atom stereocenters. The summed E-state index contributed by atoms with van der Waals surface area (Å²) < 4.78 is 39.5. The molecule has 0 aliphatic heterocycles. The summed E-state index contributed by atoms with van der Waals surface area (Å²) in [4.78, 5) is 30.7. The van der Waals surface area contributed by atoms with E-state index < -0.39 is 11.6 Å². The van der Waals surface area contributed by atoms with E-state index in [1.165, 1.54) is 0 Å². The van der Waals surface area contributed by atoms with Crippen LogP contribution in [-0.2, 0) is 26.4 Å². The molecule has 6 aromatic carbocycles. The lowest BCUT2D eigenvalue weighted by atomic mass is 9.82. The molecule has 0 atom stereocenters. The number of rotatable bonds is 24. The fraction of sp³-hybridized carbons (Fsp3) is 0.296. The Morgan fingerprint density at radius 2 is 0.677 bits per heavy atom. The van der Waals surface area contributed by atoms with Gasteiger partial charge in [0.2, 0.25) is 11.5 Å². The third kappa shape index (κ3) is 11.0. The van der Waals surface area contributed by atoms with Crippen molar-refractivity contribution in [2.75, 3.05) is 13.2 Å². The quantitative estimate of drug-likeness (QED) is 0.0556. The molecule has 0 saturated heterocycles. The Bertz CT molecular complexity index is 2190. The summed E-state index contributed by atoms with van der Waals surface area (Å²) in [5.41, 5.74) is 4.22. The van der Waals surface area contributed by atoms with Gasteiger partial charge in [0.1, 0.15) is 26.4 Å². The van der Waals surface area contributed by atoms with Crippen molar-refractivity contribution in [2.45, 2.75) is 91.6 Å². The number of carbonyl (C=O) groups is 2. The molecule has 0 N–H and O–H groups in total. The van der Waals surface area contributed by atoms with Gasteiger partial charge in [0, 0.05) is 11.1 Å². The topological polar surface area (TPSA) is 89.5 Å². The van der Waals surface area contributed by atoms with Crippen LogP contribution in [0.4, 0.5) is 0 Å². The van der Waals surface area contributed by atoms with Gasteiger partial charge in [-0.25, -0.2) is 0 Å². The van der Waals surface area contributed by atoms with Crippen LogP contribution in [0.5, 0.6) is 34.5 Å². The number of fused-ring (bicyclic) bond motifs is 2. The average Bonchev–Trinajstić information content (AvgIpc) is 3.31. The van der Waals surface area contributed by atoms with Gasteiger partial charge in [-0.15, -0.1) is 0 Å². The second-order valence-electron chi connectivity index (χ2n) is 15.5. The van der Waals surface area contributed by atoms with Crippen molar-refractivity contribution >= 4 is 11.6 Å². The highest BCUT2D eigenvalue weighted by Gasteiger charge is 2.41. The van der Waals surface area contributed by atoms with E-state index >= 15 is 9.59 Å². The molecule has 0 amide bonds. The van der Waals surface area contributed by atoms with Crippen LogP contribution in [0.2, 0.25) is 0 Å². The zero-order chi connectivity index (χ0) is 42.9. The molecule has 0 saturated carbocycles. The largest absolute Gasteiger partial charge is 0.489 e. The Labute approximate surface area is 365 Å². The van der Waals surface area contributed by atoms with E-state index in [-0.39, 0.29) is 71.7 Å². The van der Waals surface area contributed by atoms with E-state index in [1.807, 2.05) is 121 Å². The Morgan fingerprint density at radius 1 is 0.355 bits per heavy atom. The minimum absolute atomic E-state index is 0.119. The molecular weight excluding hydrogens is 777 g/mol. The van der Waals surface area contributed by atoms with Crippen molar-refractivity contribution in [2.24, 2.45) is 0 Å². The maximum absolute atomic E-state index is 15.3. The lowest BCUT2D eigenvalue weighted by Crippen LogP contribution is -2.25. The number of hydrogen-bond donors (Lipinski definition) is 0. The zero-order valence-electron chi connectivity index (χ0n) is 35.9. The molecule has 0 spiro atoms. The highest BCUT2D eigenvalue weighted by molar-refractivity contribution is 6.31. The standard InChI is InChI=1S/C54H56O8/c1-3-5-7-21-31-57-53-47-43(33-45(59-35-39-23-13-9-14-24-39)51(53)61-37-41-27-17-11-18-28-41)50(56)48-44(49(47)55)34-46(60-36-40-25-15-10-16-26-40)52(54(48)58-32-22-8-6-4-2)62-38-42-29-19-12-20-30-42/h9-20,23-30,33-34H,3-8,21-22,31-32,35-38H2,1-2H3. The SMILES string of the molecule is CCCCCCOc1c(OCc2ccccc2)c(OCc2ccccc2)cc2c1C(=O)c1cc(OCc3ccccc3)c(OCc3ccccc3)c(OCCCCCC)c1C2=O. The van der Waals surface area contributed by atoms with Crippen LogP contribution in [0.1, 0.15) is 119 Å². The van der Waals surface area contributed by atoms with Crippen molar-refractivity contribution < 1.29 is 38.0 Å². The van der Waals surface area contributed by atoms with Gasteiger partial charge in [0.05, 0.1) is 24.3 Å². The number of carbonyl (C=O) groups excluding carboxylic acids is 2. The van der Waals surface area contributed by atoms with Gasteiger partial charge in [-0.2, -0.15) is 0 Å². The second-order valence-corrected chi connectivity index (χ2v) is 15.5. The van der Waals surface area contributed by atoms with Gasteiger partial charge in [-0.1, -0.05) is 174 Å². The zero-order valence-corrected chi connectivity index (χ0v) is 35.9. The summed E-state index contributed by atoms with van der Waals surface area (Å²) in [6, 6.07) is 42.4. The molecule has 7 rings (SSSR count). The molecule has 6 aromatic rings. The minimum atomic E-state index is -0.410. The number of ketones is 2. The van der Waals surface area contributed by atoms with Gasteiger partial charge in [-0.3, -0.25) is 9.59 Å². The molecule has 1 aliphatic rings. The first kappa shape index (κ1) is 43.5. The molecule has 0 radical (unpaired) electrons. The van der Waals surface area contributed by atoms with Crippen molar-refractivity contribution in [1.82, 2.24) is 0 Å². The first-order valence-electron chi connectivity index (χ1n) is 22.0. The molecule has 8 heteroatoms. The van der Waals surface area contributed by atoms with Crippen molar-refractivity contribution in [1.29, 1.82) is 0 Å². The lowest BCUT2D eigenvalue weighted by molar-refractivity contribution is 0.0968. The van der Waals surface area contributed by atoms with E-state index in [9.17, 15) is 0 Å². The summed E-state index contributed by atoms with van der Waals surface area (Å²) in [5, 5.41) is 0. The molecule has 0 heterocycles. The molecule has 62 heavy (non-hydrogen) atoms. The third-order valence-corrected chi connectivity index (χ3v) is 10.8. The first-order chi connectivity index (χ1) is 30.6. The highest BCUT2D eigenvalue weighted by Crippen LogP contribution is 2.51. The summed E-state index contributed by atoms with van der Waals surface area (Å²) in [5.74, 6) is 0.656. The predicted octanol–water partition coefficient (Wildman–Crippen LogP) is 12.7. The molecule has 320 valence electrons. The second kappa shape index (κ2) is 22.3. The number of unbranched alkanes of at least 4 members (excludes halogenated alkanes) is 6. The minimum Gasteiger partial charge on any atom is -0.489 e. The molecule has 0 fully saturated rings. The van der Waals surface area contributed by atoms with Crippen LogP contribution in [-0.4, -0.2) is 24.8 Å². The Kier molecular flexibility index (Phi) is 15.7. The van der Waals surface area contributed by atoms with Gasteiger partial charge in [-0.05, 0) is 47.2 Å². The Hall–Kier alpha value is -6.54. The number of ether oxygens (including phenoxy) is 6. The Morgan fingerprint density at radius 3 is 1.00 bits per heavy atom. The van der Waals surface area contributed by atoms with Gasteiger partial charge < -0.3 is 28.4 Å². The summed E-state index contributed by atoms with van der Waals surface area (Å²) in [6.45, 7) is 5.69. The maximum atomic E-state index is 15.3. The van der Waals surface area contributed by atoms with Crippen molar-refractivity contribution in [3.8, 4) is 34.5 Å². The van der Waals surface area contributed by atoms with Crippen LogP contribution in [0.15, 0.2) is 133 Å². The molecule has 0 bridgehead atoms. The normalized spacial score (nSPS) is 11.7. The van der Waals surface area contributed by atoms with Gasteiger partial charge >= 0.3 is 0 Å². The number of hydrogen-bond acceptors (Lipinski definition) is 8. The van der Waals surface area contributed by atoms with Crippen LogP contribution < -0.4 is 28.4 Å². The van der Waals surface area contributed by atoms with Crippen LogP contribution >= 0.6 is 0 Å². The van der Waals surface area contributed by atoms with Crippen LogP contribution in [0.3, 0.4) is 0 Å². The fourth-order valence-corrected chi connectivity index (χ4v) is 7.41. The van der Waals surface area contributed by atoms with E-state index in [1.54, 1.807) is 12.1 Å². The summed E-state index contributed by atoms with van der Waals surface area (Å²) in [6.07, 6.45) is 7.62. The van der Waals surface area contributed by atoms with Crippen molar-refractivity contribution in [3.63, 3.8) is 0 Å². The Balaban J connectivity index is 1.38. The van der Waals surface area contributed by atoms with Gasteiger partial charge in [0.15, 0.2) is 34.6 Å². The average molecular weight is 833 g/mol. The fourth-order valence-electron chi connectivity index (χ4n) is 7.41. The smallest absolute Gasteiger partial charge is 0.204 e. The molecule has 0 aromatic heterocycles. The van der Waals surface area contributed by atoms with E-state index in [0.717, 1.165) is 73.6 Å². The van der Waals surface area contributed by atoms with E-state index in [4.69, 9.17) is 28.4 Å². The summed E-state index contributed by atoms with van der Waals surface area (Å²) in [7, 11) is 0. The monoisotopic (exact) mass is 832 g/mol. The molecule has 1 aliphatic carbocycles. The highest BCUT2D eigenvalue weighted by atomic mass is 16.5. The maximum Gasteiger partial charge on any atom is 0.204 e. The van der Waals surface area contributed by atoms with Crippen LogP contribution in [0, 0.1) is 0 Å². The van der Waals surface area contributed by atoms with E-state index in [0.29, 0.717) is 24.7 Å². The number of benzene rings is 6. The predicted molar refractivity (Wildman–Crippen MR) is 242 cm³/mol. The van der Waals surface area contributed by atoms with Crippen molar-refractivity contribution in [3.05, 3.63) is 178 Å². The summed E-state index contributed by atoms with van der Waals surface area (Å²) >= 11 is 0. The molecular formula is C54H56O8.